The van der Waals surface area contributed by atoms with Crippen LogP contribution < -0.4 is 15.4 Å². The van der Waals surface area contributed by atoms with Crippen LogP contribution in [0, 0.1) is 0 Å². The van der Waals surface area contributed by atoms with E-state index in [1.165, 1.54) is 0 Å². The van der Waals surface area contributed by atoms with Gasteiger partial charge in [0.1, 0.15) is 11.3 Å². The quantitative estimate of drug-likeness (QED) is 0.363. The number of aromatic amines is 1. The molecule has 0 saturated carbocycles. The average molecular weight is 528 g/mol. The van der Waals surface area contributed by atoms with E-state index in [9.17, 15) is 18.9 Å². The summed E-state index contributed by atoms with van der Waals surface area (Å²) in [5, 5.41) is 6.73. The SMILES string of the molecule is CCOc1c(C=O)[nH]c2nc(CC)c(NC(=O)c3ccccc3)cc12.CNC1CCN(C(=O)COF)CC1. The van der Waals surface area contributed by atoms with Gasteiger partial charge < -0.3 is 25.3 Å². The predicted octanol–water partition coefficient (Wildman–Crippen LogP) is 3.69. The Hall–Kier alpha value is -3.83. The first kappa shape index (κ1) is 28.7. The molecule has 0 unspecified atom stereocenters. The number of rotatable bonds is 9. The Labute approximate surface area is 220 Å². The van der Waals surface area contributed by atoms with Crippen molar-refractivity contribution in [3.05, 3.63) is 53.3 Å². The van der Waals surface area contributed by atoms with Gasteiger partial charge in [0.05, 0.1) is 23.4 Å². The van der Waals surface area contributed by atoms with E-state index in [0.29, 0.717) is 72.2 Å². The van der Waals surface area contributed by atoms with Crippen molar-refractivity contribution in [1.29, 1.82) is 0 Å². The summed E-state index contributed by atoms with van der Waals surface area (Å²) in [6.07, 6.45) is 3.20. The summed E-state index contributed by atoms with van der Waals surface area (Å²) in [5.74, 6) is -0.0181. The number of hydrogen-bond acceptors (Lipinski definition) is 7. The molecule has 38 heavy (non-hydrogen) atoms. The van der Waals surface area contributed by atoms with E-state index in [0.717, 1.165) is 18.5 Å². The lowest BCUT2D eigenvalue weighted by Crippen LogP contribution is -2.44. The minimum absolute atomic E-state index is 0.208. The topological polar surface area (TPSA) is 126 Å². The molecule has 0 spiro atoms. The first-order valence-electron chi connectivity index (χ1n) is 12.6. The second kappa shape index (κ2) is 14.2. The molecule has 3 aromatic rings. The predicted molar refractivity (Wildman–Crippen MR) is 142 cm³/mol. The molecule has 1 saturated heterocycles. The molecule has 4 rings (SSSR count). The number of benzene rings is 1. The number of nitrogens with one attached hydrogen (secondary N) is 3. The second-order valence-electron chi connectivity index (χ2n) is 8.67. The normalized spacial score (nSPS) is 13.5. The first-order chi connectivity index (χ1) is 18.4. The van der Waals surface area contributed by atoms with Crippen LogP contribution in [0.15, 0.2) is 36.4 Å². The van der Waals surface area contributed by atoms with E-state index in [-0.39, 0.29) is 11.8 Å². The van der Waals surface area contributed by atoms with Crippen molar-refractivity contribution < 1.29 is 28.6 Å². The number of piperidine rings is 1. The number of halogens is 1. The third-order valence-corrected chi connectivity index (χ3v) is 6.30. The Kier molecular flexibility index (Phi) is 10.7. The van der Waals surface area contributed by atoms with Crippen LogP contribution in [-0.4, -0.2) is 72.4 Å². The van der Waals surface area contributed by atoms with E-state index in [1.54, 1.807) is 23.1 Å². The molecule has 1 fully saturated rings. The van der Waals surface area contributed by atoms with E-state index in [4.69, 9.17) is 4.74 Å². The van der Waals surface area contributed by atoms with Gasteiger partial charge in [-0.05, 0) is 56.0 Å². The van der Waals surface area contributed by atoms with Crippen molar-refractivity contribution in [2.45, 2.75) is 39.2 Å². The number of aldehydes is 1. The molecule has 2 aromatic heterocycles. The van der Waals surface area contributed by atoms with Crippen LogP contribution in [0.4, 0.5) is 10.2 Å². The first-order valence-corrected chi connectivity index (χ1v) is 12.6. The van der Waals surface area contributed by atoms with Crippen molar-refractivity contribution in [2.24, 2.45) is 0 Å². The highest BCUT2D eigenvalue weighted by Crippen LogP contribution is 2.32. The van der Waals surface area contributed by atoms with Crippen LogP contribution in [-0.2, 0) is 16.2 Å². The number of aryl methyl sites for hydroxylation is 1. The lowest BCUT2D eigenvalue weighted by molar-refractivity contribution is -0.165. The Morgan fingerprint density at radius 3 is 2.50 bits per heavy atom. The van der Waals surface area contributed by atoms with Crippen LogP contribution in [0.25, 0.3) is 11.0 Å². The lowest BCUT2D eigenvalue weighted by atomic mass is 10.1. The van der Waals surface area contributed by atoms with Gasteiger partial charge in [-0.15, -0.1) is 0 Å². The maximum absolute atomic E-state index is 12.5. The van der Waals surface area contributed by atoms with Crippen LogP contribution >= 0.6 is 0 Å². The fourth-order valence-electron chi connectivity index (χ4n) is 4.25. The van der Waals surface area contributed by atoms with Crippen LogP contribution in [0.3, 0.4) is 0 Å². The zero-order valence-corrected chi connectivity index (χ0v) is 21.9. The van der Waals surface area contributed by atoms with Gasteiger partial charge in [-0.2, -0.15) is 4.94 Å². The third kappa shape index (κ3) is 7.14. The van der Waals surface area contributed by atoms with Crippen molar-refractivity contribution in [3.63, 3.8) is 0 Å². The van der Waals surface area contributed by atoms with Gasteiger partial charge in [0.2, 0.25) is 0 Å². The highest BCUT2D eigenvalue weighted by molar-refractivity contribution is 6.06. The van der Waals surface area contributed by atoms with Gasteiger partial charge in [0.25, 0.3) is 11.8 Å². The summed E-state index contributed by atoms with van der Waals surface area (Å²) in [5.41, 5.74) is 2.83. The monoisotopic (exact) mass is 527 g/mol. The Bertz CT molecular complexity index is 1230. The summed E-state index contributed by atoms with van der Waals surface area (Å²) >= 11 is 0. The molecule has 3 N–H and O–H groups in total. The molecule has 1 aliphatic rings. The number of hydrogen-bond donors (Lipinski definition) is 3. The Morgan fingerprint density at radius 2 is 1.92 bits per heavy atom. The van der Waals surface area contributed by atoms with E-state index in [1.807, 2.05) is 39.1 Å². The minimum Gasteiger partial charge on any atom is -0.491 e. The number of nitrogens with zero attached hydrogens (tertiary/aromatic N) is 2. The summed E-state index contributed by atoms with van der Waals surface area (Å²) < 4.78 is 17.0. The number of H-pyrrole nitrogens is 1. The maximum atomic E-state index is 12.5. The average Bonchev–Trinajstić information content (AvgIpc) is 3.30. The number of ether oxygens (including phenoxy) is 1. The third-order valence-electron chi connectivity index (χ3n) is 6.30. The largest absolute Gasteiger partial charge is 0.491 e. The summed E-state index contributed by atoms with van der Waals surface area (Å²) in [6, 6.07) is 11.3. The van der Waals surface area contributed by atoms with Crippen molar-refractivity contribution in [2.75, 3.05) is 38.7 Å². The maximum Gasteiger partial charge on any atom is 0.255 e. The van der Waals surface area contributed by atoms with Crippen LogP contribution in [0.2, 0.25) is 0 Å². The lowest BCUT2D eigenvalue weighted by Gasteiger charge is -2.31. The molecule has 0 bridgehead atoms. The smallest absolute Gasteiger partial charge is 0.255 e. The molecular formula is C27H34FN5O5. The molecular weight excluding hydrogens is 493 g/mol. The number of likely N-dealkylation sites (tertiary alicyclic amines) is 1. The standard InChI is InChI=1S/C19H19N3O3.C8H15FN2O2/c1-3-14-15(22-19(24)12-8-6-5-7-9-12)10-13-17(25-4-2)16(11-23)21-18(13)20-14;1-10-7-2-4-11(5-3-7)8(12)6-13-9/h5-11H,3-4H2,1-2H3,(H,20,21)(H,22,24);7,10H,2-6H2,1H3. The van der Waals surface area contributed by atoms with E-state index < -0.39 is 6.61 Å². The highest BCUT2D eigenvalue weighted by Gasteiger charge is 2.21. The molecule has 0 aliphatic carbocycles. The van der Waals surface area contributed by atoms with Crippen LogP contribution in [0.1, 0.15) is 53.2 Å². The van der Waals surface area contributed by atoms with E-state index >= 15 is 0 Å². The number of fused-ring (bicyclic) bond motifs is 1. The fourth-order valence-corrected chi connectivity index (χ4v) is 4.25. The second-order valence-corrected chi connectivity index (χ2v) is 8.67. The van der Waals surface area contributed by atoms with Gasteiger partial charge in [-0.25, -0.2) is 4.98 Å². The molecule has 3 heterocycles. The summed E-state index contributed by atoms with van der Waals surface area (Å²) in [6.45, 7) is 5.15. The molecule has 0 radical (unpaired) electrons. The number of pyridine rings is 1. The number of carbonyl (C=O) groups excluding carboxylic acids is 3. The van der Waals surface area contributed by atoms with E-state index in [2.05, 4.69) is 25.5 Å². The molecule has 1 aromatic carbocycles. The fraction of sp³-hybridized carbons (Fsp3) is 0.407. The molecule has 11 heteroatoms. The number of aromatic nitrogens is 2. The van der Waals surface area contributed by atoms with Gasteiger partial charge in [-0.1, -0.05) is 25.1 Å². The van der Waals surface area contributed by atoms with Crippen molar-refractivity contribution >= 4 is 34.8 Å². The van der Waals surface area contributed by atoms with Gasteiger partial charge in [-0.3, -0.25) is 14.4 Å². The molecule has 2 amide bonds. The van der Waals surface area contributed by atoms with Crippen molar-refractivity contribution in [3.8, 4) is 5.75 Å². The van der Waals surface area contributed by atoms with Crippen molar-refractivity contribution in [1.82, 2.24) is 20.2 Å². The number of amides is 2. The number of carbonyl (C=O) groups is 3. The molecule has 1 aliphatic heterocycles. The number of anilines is 1. The summed E-state index contributed by atoms with van der Waals surface area (Å²) in [7, 11) is 1.91. The summed E-state index contributed by atoms with van der Waals surface area (Å²) in [4.78, 5) is 47.3. The zero-order valence-electron chi connectivity index (χ0n) is 21.9. The van der Waals surface area contributed by atoms with Gasteiger partial charge in [0, 0.05) is 24.7 Å². The minimum atomic E-state index is -0.454. The Balaban J connectivity index is 0.000000260. The zero-order chi connectivity index (χ0) is 27.5. The van der Waals surface area contributed by atoms with Gasteiger partial charge in [0.15, 0.2) is 18.6 Å². The Morgan fingerprint density at radius 1 is 1.21 bits per heavy atom. The van der Waals surface area contributed by atoms with Crippen LogP contribution in [0.5, 0.6) is 5.75 Å². The molecule has 10 nitrogen and oxygen atoms in total. The molecule has 204 valence electrons. The molecule has 0 atom stereocenters. The van der Waals surface area contributed by atoms with Gasteiger partial charge >= 0.3 is 0 Å². The highest BCUT2D eigenvalue weighted by atomic mass is 19.3.